The summed E-state index contributed by atoms with van der Waals surface area (Å²) in [5.41, 5.74) is 8.74. The quantitative estimate of drug-likeness (QED) is 0.747. The van der Waals surface area contributed by atoms with Crippen LogP contribution in [0.4, 0.5) is 4.39 Å². The van der Waals surface area contributed by atoms with Crippen LogP contribution in [0.2, 0.25) is 0 Å². The van der Waals surface area contributed by atoms with Gasteiger partial charge in [0.2, 0.25) is 0 Å². The number of fused-ring (bicyclic) bond motifs is 1. The fourth-order valence-electron chi connectivity index (χ4n) is 1.94. The van der Waals surface area contributed by atoms with Gasteiger partial charge >= 0.3 is 0 Å². The topological polar surface area (TPSA) is 56.2 Å². The van der Waals surface area contributed by atoms with Crippen molar-refractivity contribution in [2.45, 2.75) is 6.04 Å². The highest BCUT2D eigenvalue weighted by Crippen LogP contribution is 2.23. The standard InChI is InChI=1S/C13H11FN4/c14-10-3-1-9(2-4-10)13(15)11-7-17-18-6-5-16-8-12(11)18/h1-8,13H,15H2. The molecule has 0 fully saturated rings. The lowest BCUT2D eigenvalue weighted by Gasteiger charge is -2.10. The fourth-order valence-corrected chi connectivity index (χ4v) is 1.94. The normalized spacial score (nSPS) is 12.8. The van der Waals surface area contributed by atoms with Gasteiger partial charge in [0.05, 0.1) is 24.0 Å². The molecule has 1 unspecified atom stereocenters. The minimum absolute atomic E-state index is 0.271. The first-order valence-electron chi connectivity index (χ1n) is 5.54. The zero-order valence-corrected chi connectivity index (χ0v) is 9.49. The van der Waals surface area contributed by atoms with Crippen LogP contribution in [-0.2, 0) is 0 Å². The van der Waals surface area contributed by atoms with Gasteiger partial charge < -0.3 is 5.73 Å². The Kier molecular flexibility index (Phi) is 2.53. The van der Waals surface area contributed by atoms with Crippen molar-refractivity contribution in [1.82, 2.24) is 14.6 Å². The summed E-state index contributed by atoms with van der Waals surface area (Å²) in [7, 11) is 0. The summed E-state index contributed by atoms with van der Waals surface area (Å²) in [5, 5.41) is 4.21. The van der Waals surface area contributed by atoms with Gasteiger partial charge in [-0.05, 0) is 17.7 Å². The Morgan fingerprint density at radius 2 is 1.94 bits per heavy atom. The molecular weight excluding hydrogens is 231 g/mol. The second-order valence-corrected chi connectivity index (χ2v) is 4.04. The van der Waals surface area contributed by atoms with Crippen LogP contribution in [-0.4, -0.2) is 14.6 Å². The van der Waals surface area contributed by atoms with Crippen LogP contribution in [0, 0.1) is 5.82 Å². The molecule has 0 aliphatic rings. The highest BCUT2D eigenvalue weighted by atomic mass is 19.1. The highest BCUT2D eigenvalue weighted by Gasteiger charge is 2.14. The van der Waals surface area contributed by atoms with Crippen molar-refractivity contribution in [3.05, 3.63) is 66.0 Å². The van der Waals surface area contributed by atoms with Gasteiger partial charge in [0, 0.05) is 18.0 Å². The molecule has 90 valence electrons. The summed E-state index contributed by atoms with van der Waals surface area (Å²) >= 11 is 0. The zero-order valence-electron chi connectivity index (χ0n) is 9.49. The van der Waals surface area contributed by atoms with E-state index >= 15 is 0 Å². The van der Waals surface area contributed by atoms with Crippen molar-refractivity contribution < 1.29 is 4.39 Å². The third-order valence-electron chi connectivity index (χ3n) is 2.92. The number of benzene rings is 1. The molecule has 0 aliphatic carbocycles. The molecule has 3 rings (SSSR count). The van der Waals surface area contributed by atoms with Gasteiger partial charge in [0.15, 0.2) is 0 Å². The molecule has 0 aliphatic heterocycles. The van der Waals surface area contributed by atoms with Gasteiger partial charge in [0.1, 0.15) is 5.82 Å². The van der Waals surface area contributed by atoms with Crippen molar-refractivity contribution in [2.24, 2.45) is 5.73 Å². The third-order valence-corrected chi connectivity index (χ3v) is 2.92. The molecule has 1 atom stereocenters. The summed E-state index contributed by atoms with van der Waals surface area (Å²) in [6, 6.07) is 5.82. The Morgan fingerprint density at radius 1 is 1.17 bits per heavy atom. The van der Waals surface area contributed by atoms with Crippen LogP contribution in [0.15, 0.2) is 49.1 Å². The van der Waals surface area contributed by atoms with Gasteiger partial charge in [-0.25, -0.2) is 8.91 Å². The predicted octanol–water partition coefficient (Wildman–Crippen LogP) is 1.92. The maximum absolute atomic E-state index is 12.9. The molecule has 4 nitrogen and oxygen atoms in total. The molecule has 0 bridgehead atoms. The molecule has 5 heteroatoms. The lowest BCUT2D eigenvalue weighted by molar-refractivity contribution is 0.626. The van der Waals surface area contributed by atoms with Crippen LogP contribution in [0.25, 0.3) is 5.52 Å². The molecule has 0 radical (unpaired) electrons. The molecule has 2 aromatic heterocycles. The number of hydrogen-bond donors (Lipinski definition) is 1. The van der Waals surface area contributed by atoms with E-state index < -0.39 is 0 Å². The number of aromatic nitrogens is 3. The fraction of sp³-hybridized carbons (Fsp3) is 0.0769. The Hall–Kier alpha value is -2.27. The molecule has 0 amide bonds. The monoisotopic (exact) mass is 242 g/mol. The molecular formula is C13H11FN4. The van der Waals surface area contributed by atoms with E-state index in [0.29, 0.717) is 0 Å². The van der Waals surface area contributed by atoms with Crippen molar-refractivity contribution in [3.8, 4) is 0 Å². The summed E-state index contributed by atoms with van der Waals surface area (Å²) < 4.78 is 14.6. The van der Waals surface area contributed by atoms with Crippen LogP contribution >= 0.6 is 0 Å². The van der Waals surface area contributed by atoms with Gasteiger partial charge in [-0.3, -0.25) is 4.98 Å². The van der Waals surface area contributed by atoms with Crippen LogP contribution in [0.3, 0.4) is 0 Å². The Morgan fingerprint density at radius 3 is 2.72 bits per heavy atom. The average Bonchev–Trinajstić information content (AvgIpc) is 2.82. The number of nitrogens with two attached hydrogens (primary N) is 1. The maximum atomic E-state index is 12.9. The minimum Gasteiger partial charge on any atom is -0.320 e. The first-order valence-corrected chi connectivity index (χ1v) is 5.54. The second-order valence-electron chi connectivity index (χ2n) is 4.04. The van der Waals surface area contributed by atoms with Crippen molar-refractivity contribution in [1.29, 1.82) is 0 Å². The van der Waals surface area contributed by atoms with Crippen LogP contribution < -0.4 is 5.73 Å². The third kappa shape index (κ3) is 1.74. The number of halogens is 1. The largest absolute Gasteiger partial charge is 0.320 e. The van der Waals surface area contributed by atoms with Gasteiger partial charge in [-0.15, -0.1) is 0 Å². The smallest absolute Gasteiger partial charge is 0.123 e. The molecule has 0 saturated heterocycles. The van der Waals surface area contributed by atoms with E-state index in [1.165, 1.54) is 12.1 Å². The molecule has 0 spiro atoms. The average molecular weight is 242 g/mol. The number of nitrogens with zero attached hydrogens (tertiary/aromatic N) is 3. The lowest BCUT2D eigenvalue weighted by Crippen LogP contribution is -2.11. The summed E-state index contributed by atoms with van der Waals surface area (Å²) in [6.07, 6.45) is 6.85. The SMILES string of the molecule is NC(c1ccc(F)cc1)c1cnn2ccncc12. The van der Waals surface area contributed by atoms with E-state index in [-0.39, 0.29) is 11.9 Å². The Bertz CT molecular complexity index is 675. The van der Waals surface area contributed by atoms with Crippen molar-refractivity contribution in [2.75, 3.05) is 0 Å². The minimum atomic E-state index is -0.340. The van der Waals surface area contributed by atoms with E-state index in [1.54, 1.807) is 41.4 Å². The molecule has 3 aromatic rings. The van der Waals surface area contributed by atoms with E-state index in [9.17, 15) is 4.39 Å². The van der Waals surface area contributed by atoms with Gasteiger partial charge in [-0.2, -0.15) is 5.10 Å². The van der Waals surface area contributed by atoms with E-state index in [0.717, 1.165) is 16.6 Å². The first kappa shape index (κ1) is 10.9. The van der Waals surface area contributed by atoms with Crippen molar-refractivity contribution >= 4 is 5.52 Å². The molecule has 0 saturated carbocycles. The predicted molar refractivity (Wildman–Crippen MR) is 65.4 cm³/mol. The van der Waals surface area contributed by atoms with E-state index in [1.807, 2.05) is 0 Å². The van der Waals surface area contributed by atoms with E-state index in [4.69, 9.17) is 5.73 Å². The van der Waals surface area contributed by atoms with Gasteiger partial charge in [0.25, 0.3) is 0 Å². The first-order chi connectivity index (χ1) is 8.75. The molecule has 2 N–H and O–H groups in total. The molecule has 18 heavy (non-hydrogen) atoms. The number of hydrogen-bond acceptors (Lipinski definition) is 3. The number of rotatable bonds is 2. The summed E-state index contributed by atoms with van der Waals surface area (Å²) in [6.45, 7) is 0. The van der Waals surface area contributed by atoms with Crippen LogP contribution in [0.5, 0.6) is 0 Å². The van der Waals surface area contributed by atoms with Gasteiger partial charge in [-0.1, -0.05) is 12.1 Å². The summed E-state index contributed by atoms with van der Waals surface area (Å²) in [5.74, 6) is -0.271. The van der Waals surface area contributed by atoms with E-state index in [2.05, 4.69) is 10.1 Å². The summed E-state index contributed by atoms with van der Waals surface area (Å²) in [4.78, 5) is 4.06. The second kappa shape index (κ2) is 4.19. The maximum Gasteiger partial charge on any atom is 0.123 e. The van der Waals surface area contributed by atoms with Crippen molar-refractivity contribution in [3.63, 3.8) is 0 Å². The highest BCUT2D eigenvalue weighted by molar-refractivity contribution is 5.55. The zero-order chi connectivity index (χ0) is 12.5. The lowest BCUT2D eigenvalue weighted by atomic mass is 10.0. The Balaban J connectivity index is 2.06. The Labute approximate surface area is 103 Å². The molecule has 1 aromatic carbocycles. The molecule has 2 heterocycles. The van der Waals surface area contributed by atoms with Crippen LogP contribution in [0.1, 0.15) is 17.2 Å².